The van der Waals surface area contributed by atoms with Crippen molar-refractivity contribution in [1.29, 1.82) is 0 Å². The minimum absolute atomic E-state index is 0.0131. The Balaban J connectivity index is 1.77. The summed E-state index contributed by atoms with van der Waals surface area (Å²) in [6.07, 6.45) is 1.77. The number of amides is 1. The Morgan fingerprint density at radius 2 is 1.96 bits per heavy atom. The smallest absolute Gasteiger partial charge is 0.240 e. The summed E-state index contributed by atoms with van der Waals surface area (Å²) in [5, 5.41) is 6.00. The van der Waals surface area contributed by atoms with Crippen molar-refractivity contribution in [3.8, 4) is 0 Å². The number of hydrogen-bond acceptors (Lipinski definition) is 4. The van der Waals surface area contributed by atoms with E-state index >= 15 is 0 Å². The molecule has 3 rings (SSSR count). The molecule has 1 amide bonds. The number of likely N-dealkylation sites (N-methyl/N-ethyl adjacent to an activating group) is 1. The highest BCUT2D eigenvalue weighted by atomic mass is 32.1. The van der Waals surface area contributed by atoms with Gasteiger partial charge in [0.2, 0.25) is 5.91 Å². The summed E-state index contributed by atoms with van der Waals surface area (Å²) in [5.74, 6) is -0.0131. The number of anilines is 1. The van der Waals surface area contributed by atoms with E-state index in [0.717, 1.165) is 22.8 Å². The van der Waals surface area contributed by atoms with Crippen molar-refractivity contribution in [3.05, 3.63) is 81.8 Å². The zero-order valence-corrected chi connectivity index (χ0v) is 16.8. The predicted molar refractivity (Wildman–Crippen MR) is 112 cm³/mol. The molecule has 27 heavy (non-hydrogen) atoms. The summed E-state index contributed by atoms with van der Waals surface area (Å²) in [7, 11) is 0. The topological polar surface area (TPSA) is 45.2 Å². The van der Waals surface area contributed by atoms with E-state index in [9.17, 15) is 4.79 Å². The summed E-state index contributed by atoms with van der Waals surface area (Å²) >= 11 is 1.55. The number of carbonyl (C=O) groups excluding carboxylic acids is 1. The molecular formula is C22H25N3OS. The first-order chi connectivity index (χ1) is 13.1. The van der Waals surface area contributed by atoms with E-state index < -0.39 is 0 Å². The molecule has 0 aliphatic heterocycles. The molecule has 0 bridgehead atoms. The average Bonchev–Trinajstić information content (AvgIpc) is 3.20. The van der Waals surface area contributed by atoms with E-state index in [1.54, 1.807) is 17.5 Å². The maximum absolute atomic E-state index is 12.9. The lowest BCUT2D eigenvalue weighted by atomic mass is 10.1. The summed E-state index contributed by atoms with van der Waals surface area (Å²) in [6, 6.07) is 16.1. The second-order valence-electron chi connectivity index (χ2n) is 6.59. The minimum atomic E-state index is -0.225. The number of nitrogens with one attached hydrogen (secondary N) is 1. The molecule has 0 saturated carbocycles. The third kappa shape index (κ3) is 4.74. The van der Waals surface area contributed by atoms with Crippen LogP contribution in [0.25, 0.3) is 0 Å². The van der Waals surface area contributed by atoms with Gasteiger partial charge < -0.3 is 10.2 Å². The van der Waals surface area contributed by atoms with E-state index in [4.69, 9.17) is 0 Å². The molecular weight excluding hydrogens is 354 g/mol. The Bertz CT molecular complexity index is 878. The summed E-state index contributed by atoms with van der Waals surface area (Å²) in [6.45, 7) is 7.32. The number of benzene rings is 2. The first kappa shape index (κ1) is 19.1. The lowest BCUT2D eigenvalue weighted by molar-refractivity contribution is -0.120. The molecule has 2 aromatic carbocycles. The van der Waals surface area contributed by atoms with Crippen molar-refractivity contribution < 1.29 is 4.79 Å². The van der Waals surface area contributed by atoms with Crippen LogP contribution in [0.1, 0.15) is 34.7 Å². The van der Waals surface area contributed by atoms with Crippen LogP contribution in [-0.2, 0) is 4.79 Å². The summed E-state index contributed by atoms with van der Waals surface area (Å²) in [4.78, 5) is 19.4. The number of carbonyl (C=O) groups is 1. The van der Waals surface area contributed by atoms with Gasteiger partial charge in [0.05, 0.1) is 6.54 Å². The molecule has 140 valence electrons. The van der Waals surface area contributed by atoms with Crippen LogP contribution in [0.3, 0.4) is 0 Å². The molecule has 0 fully saturated rings. The zero-order chi connectivity index (χ0) is 19.2. The van der Waals surface area contributed by atoms with Crippen molar-refractivity contribution in [2.75, 3.05) is 18.0 Å². The van der Waals surface area contributed by atoms with Gasteiger partial charge in [-0.25, -0.2) is 4.98 Å². The third-order valence-corrected chi connectivity index (χ3v) is 5.39. The Kier molecular flexibility index (Phi) is 6.24. The van der Waals surface area contributed by atoms with Crippen molar-refractivity contribution >= 4 is 22.9 Å². The van der Waals surface area contributed by atoms with Gasteiger partial charge in [0.25, 0.3) is 0 Å². The van der Waals surface area contributed by atoms with Gasteiger partial charge in [0, 0.05) is 23.8 Å². The highest BCUT2D eigenvalue weighted by molar-refractivity contribution is 7.09. The normalized spacial score (nSPS) is 11.8. The van der Waals surface area contributed by atoms with Crippen LogP contribution in [0.15, 0.2) is 60.1 Å². The first-order valence-corrected chi connectivity index (χ1v) is 10.0. The van der Waals surface area contributed by atoms with Crippen molar-refractivity contribution in [1.82, 2.24) is 10.3 Å². The minimum Gasteiger partial charge on any atom is -0.362 e. The second-order valence-corrected chi connectivity index (χ2v) is 7.51. The Morgan fingerprint density at radius 1 is 1.19 bits per heavy atom. The summed E-state index contributed by atoms with van der Waals surface area (Å²) in [5.41, 5.74) is 4.55. The van der Waals surface area contributed by atoms with Crippen molar-refractivity contribution in [2.24, 2.45) is 0 Å². The standard InChI is InChI=1S/C22H25N3OS/c1-4-25(19-11-10-16(2)14-17(19)3)15-20(26)24-21(22-23-12-13-27-22)18-8-6-5-7-9-18/h5-14,21H,4,15H2,1-3H3,(H,24,26). The maximum Gasteiger partial charge on any atom is 0.240 e. The molecule has 0 spiro atoms. The second kappa shape index (κ2) is 8.82. The highest BCUT2D eigenvalue weighted by Crippen LogP contribution is 2.24. The molecule has 1 heterocycles. The molecule has 1 aromatic heterocycles. The number of aryl methyl sites for hydroxylation is 2. The molecule has 0 aliphatic rings. The van der Waals surface area contributed by atoms with E-state index in [1.807, 2.05) is 35.7 Å². The van der Waals surface area contributed by atoms with Gasteiger partial charge in [-0.15, -0.1) is 11.3 Å². The van der Waals surface area contributed by atoms with Crippen LogP contribution in [0.2, 0.25) is 0 Å². The van der Waals surface area contributed by atoms with Crippen LogP contribution < -0.4 is 10.2 Å². The van der Waals surface area contributed by atoms with E-state index in [-0.39, 0.29) is 11.9 Å². The lowest BCUT2D eigenvalue weighted by Crippen LogP contribution is -2.39. The molecule has 0 saturated heterocycles. The van der Waals surface area contributed by atoms with Gasteiger partial charge >= 0.3 is 0 Å². The predicted octanol–water partition coefficient (Wildman–Crippen LogP) is 4.49. The summed E-state index contributed by atoms with van der Waals surface area (Å²) < 4.78 is 0. The fourth-order valence-corrected chi connectivity index (χ4v) is 3.93. The number of rotatable bonds is 7. The molecule has 0 radical (unpaired) electrons. The van der Waals surface area contributed by atoms with E-state index in [0.29, 0.717) is 6.54 Å². The monoisotopic (exact) mass is 379 g/mol. The van der Waals surface area contributed by atoms with Crippen LogP contribution >= 0.6 is 11.3 Å². The maximum atomic E-state index is 12.9. The molecule has 3 aromatic rings. The SMILES string of the molecule is CCN(CC(=O)NC(c1ccccc1)c1nccs1)c1ccc(C)cc1C. The van der Waals surface area contributed by atoms with E-state index in [2.05, 4.69) is 54.2 Å². The van der Waals surface area contributed by atoms with Crippen LogP contribution in [0.5, 0.6) is 0 Å². The van der Waals surface area contributed by atoms with Crippen LogP contribution in [0.4, 0.5) is 5.69 Å². The van der Waals surface area contributed by atoms with Crippen LogP contribution in [-0.4, -0.2) is 24.0 Å². The Labute approximate surface area is 164 Å². The average molecular weight is 380 g/mol. The Morgan fingerprint density at radius 3 is 2.59 bits per heavy atom. The first-order valence-electron chi connectivity index (χ1n) is 9.14. The quantitative estimate of drug-likeness (QED) is 0.658. The third-order valence-electron chi connectivity index (χ3n) is 4.55. The Hall–Kier alpha value is -2.66. The molecule has 0 aliphatic carbocycles. The molecule has 1 atom stereocenters. The van der Waals surface area contributed by atoms with Gasteiger partial charge in [-0.1, -0.05) is 48.0 Å². The number of nitrogens with zero attached hydrogens (tertiary/aromatic N) is 2. The van der Waals surface area contributed by atoms with Crippen molar-refractivity contribution in [2.45, 2.75) is 26.8 Å². The van der Waals surface area contributed by atoms with Gasteiger partial charge in [-0.3, -0.25) is 4.79 Å². The zero-order valence-electron chi connectivity index (χ0n) is 16.0. The van der Waals surface area contributed by atoms with Crippen molar-refractivity contribution in [3.63, 3.8) is 0 Å². The molecule has 5 heteroatoms. The molecule has 1 unspecified atom stereocenters. The van der Waals surface area contributed by atoms with Crippen LogP contribution in [0, 0.1) is 13.8 Å². The lowest BCUT2D eigenvalue weighted by Gasteiger charge is -2.26. The number of aromatic nitrogens is 1. The fourth-order valence-electron chi connectivity index (χ4n) is 3.22. The van der Waals surface area contributed by atoms with E-state index in [1.165, 1.54) is 11.1 Å². The number of hydrogen-bond donors (Lipinski definition) is 1. The van der Waals surface area contributed by atoms with Gasteiger partial charge in [-0.2, -0.15) is 0 Å². The van der Waals surface area contributed by atoms with Gasteiger partial charge in [-0.05, 0) is 38.0 Å². The molecule has 4 nitrogen and oxygen atoms in total. The largest absolute Gasteiger partial charge is 0.362 e. The van der Waals surface area contributed by atoms with Gasteiger partial charge in [0.15, 0.2) is 0 Å². The van der Waals surface area contributed by atoms with Gasteiger partial charge in [0.1, 0.15) is 11.0 Å². The molecule has 1 N–H and O–H groups in total. The highest BCUT2D eigenvalue weighted by Gasteiger charge is 2.20. The number of thiazole rings is 1. The fraction of sp³-hybridized carbons (Fsp3) is 0.273.